The monoisotopic (exact) mass is 366 g/mol. The molecule has 2 aliphatic rings. The van der Waals surface area contributed by atoms with Crippen LogP contribution in [0.4, 0.5) is 17.6 Å². The molecule has 0 radical (unpaired) electrons. The van der Waals surface area contributed by atoms with Crippen molar-refractivity contribution < 1.29 is 27.2 Å². The van der Waals surface area contributed by atoms with Crippen LogP contribution in [0.1, 0.15) is 46.5 Å². The van der Waals surface area contributed by atoms with Crippen LogP contribution in [0.5, 0.6) is 0 Å². The number of amides is 2. The first-order valence-electron chi connectivity index (χ1n) is 8.66. The number of nitrogens with one attached hydrogen (secondary N) is 1. The molecule has 25 heavy (non-hydrogen) atoms. The van der Waals surface area contributed by atoms with E-state index in [-0.39, 0.29) is 17.7 Å². The summed E-state index contributed by atoms with van der Waals surface area (Å²) in [4.78, 5) is 26.1. The van der Waals surface area contributed by atoms with Crippen molar-refractivity contribution in [2.75, 3.05) is 13.1 Å². The zero-order valence-electron chi connectivity index (χ0n) is 14.8. The SMILES string of the molecule is CC(C)(C)[C@H](NC(=O)CC(F)(F)F)C(=O)N1CC2CC[C@@H](F)C[C@@H]2C1. The van der Waals surface area contributed by atoms with Crippen LogP contribution >= 0.6 is 0 Å². The number of rotatable bonds is 3. The van der Waals surface area contributed by atoms with Gasteiger partial charge in [-0.15, -0.1) is 0 Å². The summed E-state index contributed by atoms with van der Waals surface area (Å²) in [6, 6.07) is -1.04. The van der Waals surface area contributed by atoms with Crippen molar-refractivity contribution in [2.24, 2.45) is 17.3 Å². The van der Waals surface area contributed by atoms with E-state index >= 15 is 0 Å². The molecule has 1 saturated carbocycles. The molecule has 1 aliphatic carbocycles. The van der Waals surface area contributed by atoms with Crippen LogP contribution in [0.25, 0.3) is 0 Å². The Bertz CT molecular complexity index is 516. The minimum Gasteiger partial charge on any atom is -0.344 e. The second kappa shape index (κ2) is 7.11. The van der Waals surface area contributed by atoms with Crippen molar-refractivity contribution in [3.63, 3.8) is 0 Å². The van der Waals surface area contributed by atoms with E-state index in [1.807, 2.05) is 0 Å². The van der Waals surface area contributed by atoms with Gasteiger partial charge in [0, 0.05) is 13.1 Å². The van der Waals surface area contributed by atoms with Crippen molar-refractivity contribution in [2.45, 2.75) is 64.8 Å². The largest absolute Gasteiger partial charge is 0.397 e. The molecule has 1 N–H and O–H groups in total. The zero-order chi connectivity index (χ0) is 19.0. The van der Waals surface area contributed by atoms with Gasteiger partial charge >= 0.3 is 6.18 Å². The molecule has 2 fully saturated rings. The van der Waals surface area contributed by atoms with Gasteiger partial charge in [0.2, 0.25) is 11.8 Å². The van der Waals surface area contributed by atoms with Crippen LogP contribution in [0.15, 0.2) is 0 Å². The highest BCUT2D eigenvalue weighted by Crippen LogP contribution is 2.38. The standard InChI is InChI=1S/C17H26F4N2O2/c1-16(2,3)14(22-13(24)7-17(19,20)21)15(25)23-8-10-4-5-12(18)6-11(10)9-23/h10-12,14H,4-9H2,1-3H3,(H,22,24)/t10?,11-,12-,14-/m1/s1. The maximum Gasteiger partial charge on any atom is 0.397 e. The molecule has 0 spiro atoms. The highest BCUT2D eigenvalue weighted by Gasteiger charge is 2.44. The maximum atomic E-state index is 13.6. The second-order valence-corrected chi connectivity index (χ2v) is 8.33. The molecule has 0 bridgehead atoms. The predicted octanol–water partition coefficient (Wildman–Crippen LogP) is 3.07. The van der Waals surface area contributed by atoms with E-state index in [2.05, 4.69) is 5.32 Å². The Balaban J connectivity index is 2.05. The lowest BCUT2D eigenvalue weighted by Gasteiger charge is -2.33. The Morgan fingerprint density at radius 3 is 2.28 bits per heavy atom. The number of likely N-dealkylation sites (tertiary alicyclic amines) is 1. The van der Waals surface area contributed by atoms with E-state index in [0.29, 0.717) is 25.9 Å². The smallest absolute Gasteiger partial charge is 0.344 e. The number of halogens is 4. The van der Waals surface area contributed by atoms with Crippen molar-refractivity contribution in [1.29, 1.82) is 0 Å². The number of hydrogen-bond donors (Lipinski definition) is 1. The van der Waals surface area contributed by atoms with Crippen LogP contribution in [0.3, 0.4) is 0 Å². The van der Waals surface area contributed by atoms with Crippen molar-refractivity contribution in [3.8, 4) is 0 Å². The highest BCUT2D eigenvalue weighted by atomic mass is 19.4. The second-order valence-electron chi connectivity index (χ2n) is 8.33. The van der Waals surface area contributed by atoms with Gasteiger partial charge in [-0.1, -0.05) is 20.8 Å². The number of fused-ring (bicyclic) bond motifs is 1. The molecular weight excluding hydrogens is 340 g/mol. The summed E-state index contributed by atoms with van der Waals surface area (Å²) in [5.41, 5.74) is -0.727. The normalized spacial score (nSPS) is 28.4. The fourth-order valence-corrected chi connectivity index (χ4v) is 3.78. The number of hydrogen-bond acceptors (Lipinski definition) is 2. The molecular formula is C17H26F4N2O2. The van der Waals surface area contributed by atoms with Gasteiger partial charge < -0.3 is 10.2 Å². The van der Waals surface area contributed by atoms with Crippen LogP contribution in [-0.4, -0.2) is 48.2 Å². The highest BCUT2D eigenvalue weighted by molar-refractivity contribution is 5.88. The van der Waals surface area contributed by atoms with Gasteiger partial charge in [-0.3, -0.25) is 9.59 Å². The molecule has 0 aromatic heterocycles. The molecule has 144 valence electrons. The fourth-order valence-electron chi connectivity index (χ4n) is 3.78. The third-order valence-corrected chi connectivity index (χ3v) is 5.08. The Hall–Kier alpha value is -1.34. The third kappa shape index (κ3) is 5.31. The average molecular weight is 366 g/mol. The lowest BCUT2D eigenvalue weighted by atomic mass is 9.81. The van der Waals surface area contributed by atoms with Gasteiger partial charge in [-0.2, -0.15) is 13.2 Å². The van der Waals surface area contributed by atoms with E-state index in [1.54, 1.807) is 25.7 Å². The Morgan fingerprint density at radius 2 is 1.72 bits per heavy atom. The molecule has 1 unspecified atom stereocenters. The first kappa shape index (κ1) is 20.0. The number of alkyl halides is 4. The van der Waals surface area contributed by atoms with Gasteiger partial charge in [0.15, 0.2) is 0 Å². The minimum absolute atomic E-state index is 0.0965. The van der Waals surface area contributed by atoms with Crippen LogP contribution in [-0.2, 0) is 9.59 Å². The van der Waals surface area contributed by atoms with E-state index in [9.17, 15) is 27.2 Å². The molecule has 1 heterocycles. The van der Waals surface area contributed by atoms with Crippen molar-refractivity contribution in [3.05, 3.63) is 0 Å². The maximum absolute atomic E-state index is 13.6. The van der Waals surface area contributed by atoms with E-state index in [4.69, 9.17) is 0 Å². The first-order chi connectivity index (χ1) is 11.4. The van der Waals surface area contributed by atoms with E-state index < -0.39 is 36.1 Å². The summed E-state index contributed by atoms with van der Waals surface area (Å²) >= 11 is 0. The van der Waals surface area contributed by atoms with Crippen LogP contribution in [0, 0.1) is 17.3 Å². The quantitative estimate of drug-likeness (QED) is 0.781. The molecule has 1 aliphatic heterocycles. The molecule has 2 rings (SSSR count). The summed E-state index contributed by atoms with van der Waals surface area (Å²) < 4.78 is 50.8. The Kier molecular flexibility index (Phi) is 5.68. The number of carbonyl (C=O) groups excluding carboxylic acids is 2. The molecule has 2 amide bonds. The van der Waals surface area contributed by atoms with Gasteiger partial charge in [0.25, 0.3) is 0 Å². The van der Waals surface area contributed by atoms with Crippen molar-refractivity contribution >= 4 is 11.8 Å². The van der Waals surface area contributed by atoms with E-state index in [0.717, 1.165) is 6.42 Å². The van der Waals surface area contributed by atoms with Crippen LogP contribution in [0.2, 0.25) is 0 Å². The van der Waals surface area contributed by atoms with Gasteiger partial charge in [0.05, 0.1) is 0 Å². The molecule has 0 aromatic rings. The summed E-state index contributed by atoms with van der Waals surface area (Å²) in [7, 11) is 0. The summed E-state index contributed by atoms with van der Waals surface area (Å²) in [5, 5.41) is 2.26. The third-order valence-electron chi connectivity index (χ3n) is 5.08. The number of carbonyl (C=O) groups is 2. The van der Waals surface area contributed by atoms with Gasteiger partial charge in [0.1, 0.15) is 18.6 Å². The summed E-state index contributed by atoms with van der Waals surface area (Å²) in [5.74, 6) is -1.25. The summed E-state index contributed by atoms with van der Waals surface area (Å²) in [6.45, 7) is 5.99. The first-order valence-corrected chi connectivity index (χ1v) is 8.66. The molecule has 4 atom stereocenters. The fraction of sp³-hybridized carbons (Fsp3) is 0.882. The molecule has 0 aromatic carbocycles. The Labute approximate surface area is 145 Å². The predicted molar refractivity (Wildman–Crippen MR) is 84.4 cm³/mol. The van der Waals surface area contributed by atoms with Gasteiger partial charge in [-0.25, -0.2) is 4.39 Å². The minimum atomic E-state index is -4.62. The van der Waals surface area contributed by atoms with E-state index in [1.165, 1.54) is 0 Å². The molecule has 8 heteroatoms. The molecule has 1 saturated heterocycles. The summed E-state index contributed by atoms with van der Waals surface area (Å²) in [6.07, 6.45) is -5.43. The Morgan fingerprint density at radius 1 is 1.12 bits per heavy atom. The van der Waals surface area contributed by atoms with Gasteiger partial charge in [-0.05, 0) is 36.5 Å². The van der Waals surface area contributed by atoms with Crippen LogP contribution < -0.4 is 5.32 Å². The molecule has 4 nitrogen and oxygen atoms in total. The lowest BCUT2D eigenvalue weighted by molar-refractivity contribution is -0.157. The lowest BCUT2D eigenvalue weighted by Crippen LogP contribution is -2.54. The average Bonchev–Trinajstić information content (AvgIpc) is 2.83. The zero-order valence-corrected chi connectivity index (χ0v) is 14.8. The topological polar surface area (TPSA) is 49.4 Å². The number of nitrogens with zero attached hydrogens (tertiary/aromatic N) is 1. The van der Waals surface area contributed by atoms with Crippen molar-refractivity contribution in [1.82, 2.24) is 10.2 Å².